The first-order valence-corrected chi connectivity index (χ1v) is 12.6. The van der Waals surface area contributed by atoms with Crippen molar-refractivity contribution >= 4 is 23.6 Å². The SMILES string of the molecule is CCN(CC1CCCO1)C(=O)c1ccccc1SCC(=O)NC1CCCCCCC1. The molecule has 1 aromatic carbocycles. The van der Waals surface area contributed by atoms with E-state index in [0.29, 0.717) is 30.4 Å². The van der Waals surface area contributed by atoms with E-state index in [-0.39, 0.29) is 17.9 Å². The Labute approximate surface area is 185 Å². The van der Waals surface area contributed by atoms with Gasteiger partial charge in [-0.1, -0.05) is 44.2 Å². The van der Waals surface area contributed by atoms with Crippen molar-refractivity contribution in [2.75, 3.05) is 25.4 Å². The van der Waals surface area contributed by atoms with Gasteiger partial charge in [0.25, 0.3) is 5.91 Å². The van der Waals surface area contributed by atoms with Gasteiger partial charge < -0.3 is 15.0 Å². The van der Waals surface area contributed by atoms with Crippen LogP contribution in [-0.2, 0) is 9.53 Å². The number of ether oxygens (including phenoxy) is 1. The third-order valence-electron chi connectivity index (χ3n) is 6.06. The van der Waals surface area contributed by atoms with E-state index in [1.807, 2.05) is 36.1 Å². The highest BCUT2D eigenvalue weighted by atomic mass is 32.2. The third-order valence-corrected chi connectivity index (χ3v) is 7.14. The summed E-state index contributed by atoms with van der Waals surface area (Å²) >= 11 is 1.46. The minimum absolute atomic E-state index is 0.0246. The molecule has 1 unspecified atom stereocenters. The lowest BCUT2D eigenvalue weighted by Gasteiger charge is -2.25. The van der Waals surface area contributed by atoms with Crippen LogP contribution >= 0.6 is 11.8 Å². The molecule has 1 atom stereocenters. The Hall–Kier alpha value is -1.53. The summed E-state index contributed by atoms with van der Waals surface area (Å²) in [5.74, 6) is 0.439. The van der Waals surface area contributed by atoms with Gasteiger partial charge in [0.1, 0.15) is 0 Å². The number of rotatable bonds is 8. The predicted molar refractivity (Wildman–Crippen MR) is 122 cm³/mol. The number of likely N-dealkylation sites (N-methyl/N-ethyl adjacent to an activating group) is 1. The summed E-state index contributed by atoms with van der Waals surface area (Å²) in [5, 5.41) is 3.22. The third kappa shape index (κ3) is 7.02. The molecule has 1 aliphatic carbocycles. The molecular weight excluding hydrogens is 396 g/mol. The first-order chi connectivity index (χ1) is 14.7. The maximum atomic E-state index is 13.2. The number of thioether (sulfide) groups is 1. The van der Waals surface area contributed by atoms with Gasteiger partial charge in [-0.2, -0.15) is 0 Å². The van der Waals surface area contributed by atoms with E-state index in [1.165, 1.54) is 43.9 Å². The van der Waals surface area contributed by atoms with Gasteiger partial charge in [0.05, 0.1) is 17.4 Å². The largest absolute Gasteiger partial charge is 0.376 e. The molecule has 2 amide bonds. The molecule has 0 radical (unpaired) electrons. The van der Waals surface area contributed by atoms with Gasteiger partial charge in [0.15, 0.2) is 0 Å². The van der Waals surface area contributed by atoms with Crippen LogP contribution in [0.25, 0.3) is 0 Å². The van der Waals surface area contributed by atoms with Crippen LogP contribution in [0.1, 0.15) is 75.1 Å². The number of amides is 2. The summed E-state index contributed by atoms with van der Waals surface area (Å²) in [6.07, 6.45) is 10.7. The zero-order chi connectivity index (χ0) is 21.2. The number of benzene rings is 1. The molecule has 1 saturated heterocycles. The van der Waals surface area contributed by atoms with Crippen LogP contribution < -0.4 is 5.32 Å². The Balaban J connectivity index is 1.55. The van der Waals surface area contributed by atoms with E-state index in [2.05, 4.69) is 5.32 Å². The average molecular weight is 433 g/mol. The van der Waals surface area contributed by atoms with Crippen molar-refractivity contribution in [3.05, 3.63) is 29.8 Å². The average Bonchev–Trinajstić information content (AvgIpc) is 3.25. The fraction of sp³-hybridized carbons (Fsp3) is 0.667. The molecular formula is C24H36N2O3S. The number of hydrogen-bond donors (Lipinski definition) is 1. The van der Waals surface area contributed by atoms with Gasteiger partial charge in [-0.15, -0.1) is 11.8 Å². The van der Waals surface area contributed by atoms with Crippen LogP contribution in [0.4, 0.5) is 0 Å². The minimum Gasteiger partial charge on any atom is -0.376 e. The topological polar surface area (TPSA) is 58.6 Å². The van der Waals surface area contributed by atoms with Crippen LogP contribution in [0.5, 0.6) is 0 Å². The fourth-order valence-corrected chi connectivity index (χ4v) is 5.20. The summed E-state index contributed by atoms with van der Waals surface area (Å²) in [6, 6.07) is 7.95. The molecule has 1 N–H and O–H groups in total. The van der Waals surface area contributed by atoms with Crippen molar-refractivity contribution < 1.29 is 14.3 Å². The van der Waals surface area contributed by atoms with E-state index < -0.39 is 0 Å². The second-order valence-corrected chi connectivity index (χ2v) is 9.39. The van der Waals surface area contributed by atoms with Crippen LogP contribution in [0, 0.1) is 0 Å². The fourth-order valence-electron chi connectivity index (χ4n) is 4.34. The maximum Gasteiger partial charge on any atom is 0.255 e. The Bertz CT molecular complexity index is 683. The van der Waals surface area contributed by atoms with Crippen molar-refractivity contribution in [1.29, 1.82) is 0 Å². The molecule has 0 aromatic heterocycles. The summed E-state index contributed by atoms with van der Waals surface area (Å²) < 4.78 is 5.72. The van der Waals surface area contributed by atoms with Crippen LogP contribution in [-0.4, -0.2) is 54.3 Å². The molecule has 1 aliphatic heterocycles. The molecule has 0 bridgehead atoms. The van der Waals surface area contributed by atoms with Crippen molar-refractivity contribution in [2.24, 2.45) is 0 Å². The van der Waals surface area contributed by atoms with E-state index in [4.69, 9.17) is 4.74 Å². The number of hydrogen-bond acceptors (Lipinski definition) is 4. The maximum absolute atomic E-state index is 13.2. The Morgan fingerprint density at radius 2 is 1.80 bits per heavy atom. The van der Waals surface area contributed by atoms with Crippen molar-refractivity contribution in [3.8, 4) is 0 Å². The van der Waals surface area contributed by atoms with Crippen LogP contribution in [0.3, 0.4) is 0 Å². The Morgan fingerprint density at radius 3 is 2.50 bits per heavy atom. The molecule has 1 saturated carbocycles. The van der Waals surface area contributed by atoms with Crippen molar-refractivity contribution in [3.63, 3.8) is 0 Å². The van der Waals surface area contributed by atoms with E-state index in [9.17, 15) is 9.59 Å². The van der Waals surface area contributed by atoms with Crippen molar-refractivity contribution in [2.45, 2.75) is 81.8 Å². The van der Waals surface area contributed by atoms with E-state index in [0.717, 1.165) is 37.2 Å². The Kier molecular flexibility index (Phi) is 9.53. The summed E-state index contributed by atoms with van der Waals surface area (Å²) in [6.45, 7) is 4.08. The molecule has 2 fully saturated rings. The molecule has 166 valence electrons. The molecule has 1 heterocycles. The minimum atomic E-state index is 0.0246. The molecule has 0 spiro atoms. The lowest BCUT2D eigenvalue weighted by molar-refractivity contribution is -0.119. The van der Waals surface area contributed by atoms with Crippen molar-refractivity contribution in [1.82, 2.24) is 10.2 Å². The highest BCUT2D eigenvalue weighted by Gasteiger charge is 2.24. The molecule has 3 rings (SSSR count). The lowest BCUT2D eigenvalue weighted by Crippen LogP contribution is -2.37. The monoisotopic (exact) mass is 432 g/mol. The summed E-state index contributed by atoms with van der Waals surface area (Å²) in [5.41, 5.74) is 0.682. The lowest BCUT2D eigenvalue weighted by atomic mass is 9.97. The first kappa shape index (κ1) is 23.1. The van der Waals surface area contributed by atoms with Gasteiger partial charge in [-0.3, -0.25) is 9.59 Å². The Morgan fingerprint density at radius 1 is 1.07 bits per heavy atom. The molecule has 6 heteroatoms. The predicted octanol–water partition coefficient (Wildman–Crippen LogP) is 4.65. The highest BCUT2D eigenvalue weighted by Crippen LogP contribution is 2.25. The number of nitrogens with one attached hydrogen (secondary N) is 1. The summed E-state index contributed by atoms with van der Waals surface area (Å²) in [4.78, 5) is 28.5. The van der Waals surface area contributed by atoms with E-state index >= 15 is 0 Å². The van der Waals surface area contributed by atoms with E-state index in [1.54, 1.807) is 0 Å². The van der Waals surface area contributed by atoms with Crippen LogP contribution in [0.2, 0.25) is 0 Å². The summed E-state index contributed by atoms with van der Waals surface area (Å²) in [7, 11) is 0. The normalized spacial score (nSPS) is 20.4. The number of carbonyl (C=O) groups is 2. The molecule has 2 aliphatic rings. The zero-order valence-corrected chi connectivity index (χ0v) is 19.1. The number of nitrogens with zero attached hydrogens (tertiary/aromatic N) is 1. The highest BCUT2D eigenvalue weighted by molar-refractivity contribution is 8.00. The van der Waals surface area contributed by atoms with Gasteiger partial charge >= 0.3 is 0 Å². The smallest absolute Gasteiger partial charge is 0.255 e. The molecule has 5 nitrogen and oxygen atoms in total. The van der Waals surface area contributed by atoms with Gasteiger partial charge in [-0.25, -0.2) is 0 Å². The quantitative estimate of drug-likeness (QED) is 0.608. The number of carbonyl (C=O) groups excluding carboxylic acids is 2. The molecule has 30 heavy (non-hydrogen) atoms. The zero-order valence-electron chi connectivity index (χ0n) is 18.2. The standard InChI is InChI=1S/C24H36N2O3S/c1-2-26(17-20-13-10-16-29-20)24(28)21-14-8-9-15-22(21)30-18-23(27)25-19-11-6-4-3-5-7-12-19/h8-9,14-15,19-20H,2-7,10-13,16-18H2,1H3,(H,25,27). The second kappa shape index (κ2) is 12.4. The van der Waals surface area contributed by atoms with Gasteiger partial charge in [0.2, 0.25) is 5.91 Å². The van der Waals surface area contributed by atoms with Gasteiger partial charge in [0, 0.05) is 30.6 Å². The first-order valence-electron chi connectivity index (χ1n) is 11.6. The molecule has 1 aromatic rings. The van der Waals surface area contributed by atoms with Gasteiger partial charge in [-0.05, 0) is 44.7 Å². The second-order valence-electron chi connectivity index (χ2n) is 8.37. The van der Waals surface area contributed by atoms with Crippen LogP contribution in [0.15, 0.2) is 29.2 Å².